The highest BCUT2D eigenvalue weighted by atomic mass is 14.4. The molecule has 0 aromatic heterocycles. The van der Waals surface area contributed by atoms with Gasteiger partial charge in [0.2, 0.25) is 0 Å². The summed E-state index contributed by atoms with van der Waals surface area (Å²) in [7, 11) is 0. The highest BCUT2D eigenvalue weighted by molar-refractivity contribution is 5.92. The number of fused-ring (bicyclic) bond motifs is 15. The molecule has 15 rings (SSSR count). The maximum atomic E-state index is 2.48. The molecule has 60 heavy (non-hydrogen) atoms. The molecule has 0 N–H and O–H groups in total. The first-order chi connectivity index (χ1) is 29.7. The summed E-state index contributed by atoms with van der Waals surface area (Å²) in [5.41, 5.74) is 37.2. The van der Waals surface area contributed by atoms with Crippen molar-refractivity contribution in [2.75, 3.05) is 0 Å². The highest BCUT2D eigenvalue weighted by Gasteiger charge is 2.31. The Kier molecular flexibility index (Phi) is 8.00. The Hall–Kier alpha value is -5.98. The smallest absolute Gasteiger partial charge is 0.00132 e. The van der Waals surface area contributed by atoms with Gasteiger partial charge in [-0.2, -0.15) is 0 Å². The molecule has 0 bridgehead atoms. The largest absolute Gasteiger partial charge is 0.0839 e. The van der Waals surface area contributed by atoms with Crippen molar-refractivity contribution in [2.24, 2.45) is 0 Å². The average molecular weight is 771 g/mol. The van der Waals surface area contributed by atoms with Gasteiger partial charge in [-0.05, 0) is 230 Å². The zero-order valence-electron chi connectivity index (χ0n) is 34.6. The van der Waals surface area contributed by atoms with Gasteiger partial charge in [-0.1, -0.05) is 127 Å². The number of hydrogen-bond acceptors (Lipinski definition) is 0. The van der Waals surface area contributed by atoms with Crippen LogP contribution in [0.15, 0.2) is 156 Å². The van der Waals surface area contributed by atoms with Gasteiger partial charge in [-0.15, -0.1) is 0 Å². The lowest BCUT2D eigenvalue weighted by atomic mass is 9.90. The first kappa shape index (κ1) is 34.8. The molecule has 10 aliphatic carbocycles. The van der Waals surface area contributed by atoms with Crippen molar-refractivity contribution >= 4 is 22.3 Å². The highest BCUT2D eigenvalue weighted by Crippen LogP contribution is 2.49. The lowest BCUT2D eigenvalue weighted by molar-refractivity contribution is 0.932. The molecule has 0 amide bonds. The second-order valence-corrected chi connectivity index (χ2v) is 18.6. The van der Waals surface area contributed by atoms with Crippen LogP contribution in [0, 0.1) is 0 Å². The van der Waals surface area contributed by atoms with Gasteiger partial charge in [0.25, 0.3) is 0 Å². The summed E-state index contributed by atoms with van der Waals surface area (Å²) in [4.78, 5) is 0. The molecule has 10 aliphatic rings. The van der Waals surface area contributed by atoms with Crippen LogP contribution in [0.25, 0.3) is 44.5 Å². The predicted octanol–water partition coefficient (Wildman–Crippen LogP) is 14.8. The molecular formula is C60H50. The van der Waals surface area contributed by atoms with Gasteiger partial charge in [-0.3, -0.25) is 0 Å². The molecule has 0 fully saturated rings. The molecule has 0 unspecified atom stereocenters. The molecule has 0 spiro atoms. The quantitative estimate of drug-likeness (QED) is 0.144. The van der Waals surface area contributed by atoms with Crippen molar-refractivity contribution < 1.29 is 0 Å². The van der Waals surface area contributed by atoms with Crippen LogP contribution in [0.1, 0.15) is 118 Å². The minimum absolute atomic E-state index is 1.11. The van der Waals surface area contributed by atoms with E-state index in [0.717, 1.165) is 32.1 Å². The molecular weight excluding hydrogens is 721 g/mol. The van der Waals surface area contributed by atoms with Crippen LogP contribution >= 0.6 is 0 Å². The fraction of sp³-hybridized carbons (Fsp3) is 0.233. The van der Waals surface area contributed by atoms with Gasteiger partial charge < -0.3 is 0 Å². The van der Waals surface area contributed by atoms with Gasteiger partial charge in [0, 0.05) is 0 Å². The molecule has 290 valence electrons. The monoisotopic (exact) mass is 770 g/mol. The van der Waals surface area contributed by atoms with Gasteiger partial charge >= 0.3 is 0 Å². The first-order valence-corrected chi connectivity index (χ1v) is 22.9. The Balaban J connectivity index is 0.0000000926. The minimum atomic E-state index is 1.11. The normalized spacial score (nSPS) is 19.2. The maximum Gasteiger partial charge on any atom is -0.00132 e. The van der Waals surface area contributed by atoms with E-state index in [-0.39, 0.29) is 0 Å². The predicted molar refractivity (Wildman–Crippen MR) is 252 cm³/mol. The number of rotatable bonds is 0. The van der Waals surface area contributed by atoms with Crippen molar-refractivity contribution in [3.05, 3.63) is 223 Å². The molecule has 0 saturated heterocycles. The van der Waals surface area contributed by atoms with Crippen LogP contribution in [0.3, 0.4) is 0 Å². The van der Waals surface area contributed by atoms with Crippen molar-refractivity contribution in [2.45, 2.75) is 89.9 Å². The van der Waals surface area contributed by atoms with E-state index in [1.807, 2.05) is 0 Å². The van der Waals surface area contributed by atoms with E-state index < -0.39 is 0 Å². The fourth-order valence-corrected chi connectivity index (χ4v) is 12.5. The minimum Gasteiger partial charge on any atom is -0.0839 e. The number of benzene rings is 5. The van der Waals surface area contributed by atoms with Crippen LogP contribution in [-0.2, 0) is 38.5 Å². The molecule has 0 atom stereocenters. The van der Waals surface area contributed by atoms with Crippen LogP contribution < -0.4 is 0 Å². The lowest BCUT2D eigenvalue weighted by Gasteiger charge is -2.14. The van der Waals surface area contributed by atoms with Crippen molar-refractivity contribution in [1.29, 1.82) is 0 Å². The summed E-state index contributed by atoms with van der Waals surface area (Å²) in [6.07, 6.45) is 35.4. The molecule has 0 aliphatic heterocycles. The summed E-state index contributed by atoms with van der Waals surface area (Å²) in [6.45, 7) is 0. The third-order valence-electron chi connectivity index (χ3n) is 15.3. The molecule has 5 aromatic rings. The van der Waals surface area contributed by atoms with E-state index in [4.69, 9.17) is 0 Å². The summed E-state index contributed by atoms with van der Waals surface area (Å²) < 4.78 is 0. The Morgan fingerprint density at radius 3 is 1.55 bits per heavy atom. The summed E-state index contributed by atoms with van der Waals surface area (Å²) >= 11 is 0. The van der Waals surface area contributed by atoms with Crippen LogP contribution in [0.4, 0.5) is 0 Å². The van der Waals surface area contributed by atoms with E-state index >= 15 is 0 Å². The van der Waals surface area contributed by atoms with E-state index in [1.165, 1.54) is 130 Å². The molecule has 0 heterocycles. The second kappa shape index (κ2) is 13.8. The van der Waals surface area contributed by atoms with Crippen LogP contribution in [0.5, 0.6) is 0 Å². The zero-order valence-corrected chi connectivity index (χ0v) is 34.6. The Morgan fingerprint density at radius 1 is 0.317 bits per heavy atom. The molecule has 5 aromatic carbocycles. The van der Waals surface area contributed by atoms with E-state index in [2.05, 4.69) is 134 Å². The Morgan fingerprint density at radius 2 is 0.833 bits per heavy atom. The standard InChI is InChI=1S/C20H18.2C20H16/c1-3-7-16-14(6-1)12-19-18(16)10-9-15-11-13-5-2-4-8-17(13)20(15)19;1-3-7-17-13(5-1)9-15-11-20-16(12-19(15)17)10-14-6-2-4-8-18(14)20;1-3-7-17-13(5-1)9-15-11-16-10-14-6-2-4-8-18(14)20(16)12-19(15)17/h2-3,5,7,9-10H,1,4,6,8,11-12H2;2*1-3,5-7,11-12H,4,8-10H2. The lowest BCUT2D eigenvalue weighted by Crippen LogP contribution is -1.96. The van der Waals surface area contributed by atoms with Gasteiger partial charge in [0.1, 0.15) is 0 Å². The maximum absolute atomic E-state index is 2.48. The Labute approximate surface area is 355 Å². The van der Waals surface area contributed by atoms with E-state index in [9.17, 15) is 0 Å². The topological polar surface area (TPSA) is 0 Å². The SMILES string of the molecule is C1=CC2=C(CC1)Cc1c2ccc2c1C1=C(C=CCC1)C2.C1=CC2=C(CC1)c1cc3c(cc1C2)-c1ccccc1C3.C1=CC2=C(CC1)c1cc3c(cc1C2)Cc1ccccc1-3. The van der Waals surface area contributed by atoms with Gasteiger partial charge in [-0.25, -0.2) is 0 Å². The van der Waals surface area contributed by atoms with E-state index in [0.29, 0.717) is 0 Å². The zero-order chi connectivity index (χ0) is 39.3. The number of allylic oxidation sites excluding steroid dienone is 16. The molecule has 0 heteroatoms. The van der Waals surface area contributed by atoms with Crippen molar-refractivity contribution in [3.63, 3.8) is 0 Å². The fourth-order valence-electron chi connectivity index (χ4n) is 12.5. The third kappa shape index (κ3) is 5.49. The summed E-state index contributed by atoms with van der Waals surface area (Å²) in [5, 5.41) is 0. The average Bonchev–Trinajstić information content (AvgIpc) is 4.15. The van der Waals surface area contributed by atoms with Crippen molar-refractivity contribution in [3.8, 4) is 22.3 Å². The molecule has 0 radical (unpaired) electrons. The number of hydrogen-bond donors (Lipinski definition) is 0. The molecule has 0 saturated carbocycles. The van der Waals surface area contributed by atoms with Gasteiger partial charge in [0.05, 0.1) is 0 Å². The van der Waals surface area contributed by atoms with Crippen LogP contribution in [0.2, 0.25) is 0 Å². The summed E-state index contributed by atoms with van der Waals surface area (Å²) in [6, 6.07) is 32.4. The summed E-state index contributed by atoms with van der Waals surface area (Å²) in [5.74, 6) is 0. The third-order valence-corrected chi connectivity index (χ3v) is 15.3. The Bertz CT molecular complexity index is 3000. The molecule has 0 nitrogen and oxygen atoms in total. The second-order valence-electron chi connectivity index (χ2n) is 18.6. The van der Waals surface area contributed by atoms with Gasteiger partial charge in [0.15, 0.2) is 0 Å². The van der Waals surface area contributed by atoms with Crippen LogP contribution in [-0.4, -0.2) is 0 Å². The van der Waals surface area contributed by atoms with Crippen molar-refractivity contribution in [1.82, 2.24) is 0 Å². The first-order valence-electron chi connectivity index (χ1n) is 22.9. The van der Waals surface area contributed by atoms with E-state index in [1.54, 1.807) is 61.3 Å².